The van der Waals surface area contributed by atoms with Crippen LogP contribution in [0.2, 0.25) is 0 Å². The first-order valence-corrected chi connectivity index (χ1v) is 14.9. The summed E-state index contributed by atoms with van der Waals surface area (Å²) >= 11 is 0. The molecule has 1 spiro atoms. The van der Waals surface area contributed by atoms with E-state index in [4.69, 9.17) is 15.7 Å². The predicted molar refractivity (Wildman–Crippen MR) is 170 cm³/mol. The molecule has 0 radical (unpaired) electrons. The quantitative estimate of drug-likeness (QED) is 0.263. The second kappa shape index (κ2) is 11.1. The number of amides is 1. The van der Waals surface area contributed by atoms with E-state index in [1.807, 2.05) is 47.4 Å². The van der Waals surface area contributed by atoms with Gasteiger partial charge >= 0.3 is 0 Å². The number of likely N-dealkylation sites (tertiary alicyclic amines) is 2. The van der Waals surface area contributed by atoms with Crippen LogP contribution in [0.3, 0.4) is 0 Å². The minimum Gasteiger partial charge on any atom is -0.383 e. The second-order valence-electron chi connectivity index (χ2n) is 11.8. The topological polar surface area (TPSA) is 93.2 Å². The fraction of sp³-hybridized carbons (Fsp3) is 0.257. The molecule has 8 heteroatoms. The monoisotopic (exact) mass is 569 g/mol. The lowest BCUT2D eigenvalue weighted by molar-refractivity contribution is -0.129. The van der Waals surface area contributed by atoms with Crippen molar-refractivity contribution < 1.29 is 4.79 Å². The van der Waals surface area contributed by atoms with Crippen molar-refractivity contribution in [3.63, 3.8) is 0 Å². The average molecular weight is 570 g/mol. The van der Waals surface area contributed by atoms with Crippen LogP contribution in [0.4, 0.5) is 5.82 Å². The third kappa shape index (κ3) is 5.19. The zero-order valence-electron chi connectivity index (χ0n) is 24.2. The lowest BCUT2D eigenvalue weighted by atomic mass is 9.79. The van der Waals surface area contributed by atoms with Gasteiger partial charge in [-0.05, 0) is 73.8 Å². The summed E-state index contributed by atoms with van der Waals surface area (Å²) in [7, 11) is 0. The number of fused-ring (bicyclic) bond motifs is 1. The number of pyridine rings is 2. The van der Waals surface area contributed by atoms with Crippen LogP contribution in [0.5, 0.6) is 0 Å². The Morgan fingerprint density at radius 3 is 2.56 bits per heavy atom. The molecule has 2 aliphatic rings. The van der Waals surface area contributed by atoms with Crippen LogP contribution in [0, 0.1) is 5.41 Å². The molecule has 1 atom stereocenters. The molecule has 0 saturated carbocycles. The number of piperidine rings is 1. The number of anilines is 1. The van der Waals surface area contributed by atoms with Crippen molar-refractivity contribution in [2.45, 2.75) is 25.8 Å². The minimum absolute atomic E-state index is 0.0536. The van der Waals surface area contributed by atoms with Crippen LogP contribution in [0.15, 0.2) is 97.7 Å². The Morgan fingerprint density at radius 2 is 1.77 bits per heavy atom. The van der Waals surface area contributed by atoms with Crippen molar-refractivity contribution in [3.05, 3.63) is 103 Å². The third-order valence-corrected chi connectivity index (χ3v) is 8.92. The zero-order chi connectivity index (χ0) is 29.4. The van der Waals surface area contributed by atoms with Crippen LogP contribution in [0.1, 0.15) is 24.8 Å². The lowest BCUT2D eigenvalue weighted by Crippen LogP contribution is -2.46. The number of aromatic nitrogens is 4. The number of hydrogen-bond donors (Lipinski definition) is 1. The molecule has 43 heavy (non-hydrogen) atoms. The number of imidazole rings is 1. The van der Waals surface area contributed by atoms with E-state index < -0.39 is 0 Å². The summed E-state index contributed by atoms with van der Waals surface area (Å²) in [4.78, 5) is 31.2. The summed E-state index contributed by atoms with van der Waals surface area (Å²) in [6, 6.07) is 26.7. The van der Waals surface area contributed by atoms with Gasteiger partial charge in [0.15, 0.2) is 11.5 Å². The molecule has 7 rings (SSSR count). The van der Waals surface area contributed by atoms with Crippen molar-refractivity contribution in [2.75, 3.05) is 31.9 Å². The summed E-state index contributed by atoms with van der Waals surface area (Å²) in [6.45, 7) is 8.29. The summed E-state index contributed by atoms with van der Waals surface area (Å²) < 4.78 is 2.08. The standard InChI is InChI=1S/C35H35N7O/c1-2-31(43)41-20-7-17-35(24-41)18-21-40(23-35)22-25-11-13-27(14-12-25)42-33(28-10-6-19-37-32(28)36)39-30-16-15-29(38-34(30)42)26-8-4-3-5-9-26/h2-6,8-16,19H,1,7,17-18,20-24H2,(H2,36,37). The van der Waals surface area contributed by atoms with Gasteiger partial charge in [-0.2, -0.15) is 0 Å². The number of benzene rings is 2. The maximum Gasteiger partial charge on any atom is 0.245 e. The van der Waals surface area contributed by atoms with Gasteiger partial charge in [-0.1, -0.05) is 49.0 Å². The number of hydrogen-bond acceptors (Lipinski definition) is 6. The lowest BCUT2D eigenvalue weighted by Gasteiger charge is -2.40. The summed E-state index contributed by atoms with van der Waals surface area (Å²) in [5.41, 5.74) is 13.0. The Labute approximate surface area is 251 Å². The smallest absolute Gasteiger partial charge is 0.245 e. The molecule has 3 aromatic heterocycles. The first kappa shape index (κ1) is 27.0. The maximum absolute atomic E-state index is 12.3. The highest BCUT2D eigenvalue weighted by atomic mass is 16.2. The van der Waals surface area contributed by atoms with Gasteiger partial charge in [-0.25, -0.2) is 15.0 Å². The molecule has 8 nitrogen and oxygen atoms in total. The van der Waals surface area contributed by atoms with Crippen LogP contribution in [0.25, 0.3) is 39.5 Å². The van der Waals surface area contributed by atoms with Gasteiger partial charge in [0.2, 0.25) is 5.91 Å². The Morgan fingerprint density at radius 1 is 0.930 bits per heavy atom. The van der Waals surface area contributed by atoms with Gasteiger partial charge in [0.05, 0.1) is 11.3 Å². The van der Waals surface area contributed by atoms with E-state index >= 15 is 0 Å². The zero-order valence-corrected chi connectivity index (χ0v) is 24.2. The Hall–Kier alpha value is -4.82. The number of carbonyl (C=O) groups excluding carboxylic acids is 1. The van der Waals surface area contributed by atoms with E-state index in [1.165, 1.54) is 18.1 Å². The van der Waals surface area contributed by atoms with Crippen LogP contribution >= 0.6 is 0 Å². The molecular formula is C35H35N7O. The first-order chi connectivity index (χ1) is 21.0. The van der Waals surface area contributed by atoms with Gasteiger partial charge in [-0.15, -0.1) is 0 Å². The summed E-state index contributed by atoms with van der Waals surface area (Å²) in [5, 5.41) is 0. The van der Waals surface area contributed by atoms with Gasteiger partial charge in [-0.3, -0.25) is 14.3 Å². The van der Waals surface area contributed by atoms with Gasteiger partial charge in [0.1, 0.15) is 11.3 Å². The van der Waals surface area contributed by atoms with Crippen molar-refractivity contribution in [2.24, 2.45) is 5.41 Å². The SMILES string of the molecule is C=CC(=O)N1CCCC2(CCN(Cc3ccc(-n4c(-c5cccnc5N)nc5ccc(-c6ccccc6)nc54)cc3)C2)C1. The molecular weight excluding hydrogens is 534 g/mol. The number of nitrogen functional groups attached to an aromatic ring is 1. The van der Waals surface area contributed by atoms with Gasteiger partial charge in [0, 0.05) is 49.0 Å². The van der Waals surface area contributed by atoms with E-state index in [0.29, 0.717) is 11.6 Å². The molecule has 2 fully saturated rings. The molecule has 0 aliphatic carbocycles. The average Bonchev–Trinajstić information content (AvgIpc) is 3.62. The molecule has 1 unspecified atom stereocenters. The molecule has 5 aromatic rings. The molecule has 2 N–H and O–H groups in total. The van der Waals surface area contributed by atoms with E-state index in [2.05, 4.69) is 57.4 Å². The normalized spacial score (nSPS) is 18.8. The summed E-state index contributed by atoms with van der Waals surface area (Å²) in [6.07, 6.45) is 6.50. The fourth-order valence-corrected chi connectivity index (χ4v) is 6.79. The van der Waals surface area contributed by atoms with Gasteiger partial charge in [0.25, 0.3) is 0 Å². The van der Waals surface area contributed by atoms with Crippen molar-refractivity contribution >= 4 is 22.9 Å². The largest absolute Gasteiger partial charge is 0.383 e. The van der Waals surface area contributed by atoms with E-state index in [1.54, 1.807) is 6.20 Å². The van der Waals surface area contributed by atoms with E-state index in [-0.39, 0.29) is 11.3 Å². The highest BCUT2D eigenvalue weighted by Crippen LogP contribution is 2.40. The summed E-state index contributed by atoms with van der Waals surface area (Å²) in [5.74, 6) is 1.19. The van der Waals surface area contributed by atoms with E-state index in [9.17, 15) is 4.79 Å². The highest BCUT2D eigenvalue weighted by molar-refractivity contribution is 5.87. The Bertz CT molecular complexity index is 1800. The van der Waals surface area contributed by atoms with Crippen molar-refractivity contribution in [3.8, 4) is 28.3 Å². The van der Waals surface area contributed by atoms with Gasteiger partial charge < -0.3 is 10.6 Å². The fourth-order valence-electron chi connectivity index (χ4n) is 6.79. The number of carbonyl (C=O) groups is 1. The molecule has 2 saturated heterocycles. The van der Waals surface area contributed by atoms with E-state index in [0.717, 1.165) is 79.2 Å². The number of rotatable bonds is 6. The first-order valence-electron chi connectivity index (χ1n) is 14.9. The van der Waals surface area contributed by atoms with Crippen molar-refractivity contribution in [1.82, 2.24) is 29.3 Å². The van der Waals surface area contributed by atoms with Crippen molar-refractivity contribution in [1.29, 1.82) is 0 Å². The Balaban J connectivity index is 1.19. The Kier molecular flexibility index (Phi) is 6.99. The predicted octanol–water partition coefficient (Wildman–Crippen LogP) is 5.73. The number of nitrogens with two attached hydrogens (primary N) is 1. The van der Waals surface area contributed by atoms with Crippen LogP contribution in [-0.4, -0.2) is 61.4 Å². The maximum atomic E-state index is 12.3. The molecule has 5 heterocycles. The molecule has 216 valence electrons. The second-order valence-corrected chi connectivity index (χ2v) is 11.8. The molecule has 1 amide bonds. The molecule has 2 aliphatic heterocycles. The number of nitrogens with zero attached hydrogens (tertiary/aromatic N) is 6. The van der Waals surface area contributed by atoms with Crippen LogP contribution < -0.4 is 5.73 Å². The molecule has 2 aromatic carbocycles. The molecule has 0 bridgehead atoms. The minimum atomic E-state index is 0.0536. The van der Waals surface area contributed by atoms with Crippen LogP contribution in [-0.2, 0) is 11.3 Å². The highest BCUT2D eigenvalue weighted by Gasteiger charge is 2.42. The third-order valence-electron chi connectivity index (χ3n) is 8.92.